The minimum atomic E-state index is -0.461. The maximum Gasteiger partial charge on any atom is 0.241 e. The number of amides is 1. The molecule has 1 atom stereocenters. The van der Waals surface area contributed by atoms with Crippen LogP contribution in [0.1, 0.15) is 25.5 Å². The first-order valence-electron chi connectivity index (χ1n) is 6.54. The van der Waals surface area contributed by atoms with E-state index in [1.807, 2.05) is 44.2 Å². The monoisotopic (exact) mass is 257 g/mol. The molecule has 0 aliphatic heterocycles. The lowest BCUT2D eigenvalue weighted by Crippen LogP contribution is -2.35. The second kappa shape index (κ2) is 5.80. The van der Waals surface area contributed by atoms with Gasteiger partial charge < -0.3 is 11.1 Å². The normalized spacial score (nSPS) is 12.4. The average Bonchev–Trinajstić information content (AvgIpc) is 2.38. The van der Waals surface area contributed by atoms with Gasteiger partial charge in [0.1, 0.15) is 0 Å². The molecule has 0 bridgehead atoms. The topological polar surface area (TPSA) is 68.0 Å². The van der Waals surface area contributed by atoms with E-state index in [0.717, 1.165) is 28.7 Å². The third-order valence-electron chi connectivity index (χ3n) is 3.04. The van der Waals surface area contributed by atoms with Gasteiger partial charge in [-0.25, -0.2) is 0 Å². The number of carbonyl (C=O) groups excluding carboxylic acids is 1. The number of aromatic nitrogens is 1. The summed E-state index contributed by atoms with van der Waals surface area (Å²) >= 11 is 0. The van der Waals surface area contributed by atoms with Crippen molar-refractivity contribution in [1.82, 2.24) is 4.98 Å². The Morgan fingerprint density at radius 2 is 2.16 bits per heavy atom. The number of hydrogen-bond donors (Lipinski definition) is 2. The third kappa shape index (κ3) is 3.09. The third-order valence-corrected chi connectivity index (χ3v) is 3.04. The maximum atomic E-state index is 12.0. The van der Waals surface area contributed by atoms with Crippen LogP contribution in [0.3, 0.4) is 0 Å². The number of benzene rings is 1. The van der Waals surface area contributed by atoms with Crippen molar-refractivity contribution in [3.05, 3.63) is 36.0 Å². The molecule has 4 heteroatoms. The van der Waals surface area contributed by atoms with E-state index in [1.54, 1.807) is 0 Å². The number of nitrogens with zero attached hydrogens (tertiary/aromatic N) is 1. The lowest BCUT2D eigenvalue weighted by molar-refractivity contribution is -0.117. The van der Waals surface area contributed by atoms with Gasteiger partial charge in [0.2, 0.25) is 5.91 Å². The van der Waals surface area contributed by atoms with E-state index in [2.05, 4.69) is 10.3 Å². The van der Waals surface area contributed by atoms with Crippen LogP contribution in [0.15, 0.2) is 30.3 Å². The summed E-state index contributed by atoms with van der Waals surface area (Å²) in [6.07, 6.45) is 1.58. The van der Waals surface area contributed by atoms with E-state index in [1.165, 1.54) is 0 Å². The summed E-state index contributed by atoms with van der Waals surface area (Å²) in [5, 5.41) is 3.84. The van der Waals surface area contributed by atoms with Crippen LogP contribution in [-0.4, -0.2) is 16.9 Å². The first-order chi connectivity index (χ1) is 9.11. The van der Waals surface area contributed by atoms with Crippen LogP contribution in [0.25, 0.3) is 10.9 Å². The molecule has 4 nitrogen and oxygen atoms in total. The first kappa shape index (κ1) is 13.5. The summed E-state index contributed by atoms with van der Waals surface area (Å²) in [4.78, 5) is 16.4. The molecule has 1 aromatic carbocycles. The Hall–Kier alpha value is -1.94. The lowest BCUT2D eigenvalue weighted by atomic mass is 10.1. The van der Waals surface area contributed by atoms with Gasteiger partial charge >= 0.3 is 0 Å². The Morgan fingerprint density at radius 3 is 2.89 bits per heavy atom. The van der Waals surface area contributed by atoms with Crippen LogP contribution in [0, 0.1) is 6.92 Å². The zero-order chi connectivity index (χ0) is 13.8. The summed E-state index contributed by atoms with van der Waals surface area (Å²) < 4.78 is 0. The Bertz CT molecular complexity index is 595. The van der Waals surface area contributed by atoms with Gasteiger partial charge in [-0.2, -0.15) is 0 Å². The molecule has 0 saturated heterocycles. The number of aryl methyl sites for hydroxylation is 1. The number of hydrogen-bond acceptors (Lipinski definition) is 3. The number of nitrogens with one attached hydrogen (secondary N) is 1. The molecule has 2 aromatic rings. The predicted octanol–water partition coefficient (Wildman–Crippen LogP) is 2.61. The van der Waals surface area contributed by atoms with Crippen LogP contribution in [0.5, 0.6) is 0 Å². The zero-order valence-electron chi connectivity index (χ0n) is 11.3. The van der Waals surface area contributed by atoms with E-state index in [9.17, 15) is 4.79 Å². The van der Waals surface area contributed by atoms with Gasteiger partial charge in [0.05, 0.1) is 17.2 Å². The number of para-hydroxylation sites is 1. The molecule has 0 aliphatic rings. The van der Waals surface area contributed by atoms with E-state index < -0.39 is 6.04 Å². The fourth-order valence-corrected chi connectivity index (χ4v) is 2.08. The lowest BCUT2D eigenvalue weighted by Gasteiger charge is -2.13. The minimum absolute atomic E-state index is 0.141. The van der Waals surface area contributed by atoms with E-state index in [0.29, 0.717) is 6.42 Å². The van der Waals surface area contributed by atoms with E-state index in [-0.39, 0.29) is 5.91 Å². The van der Waals surface area contributed by atoms with Crippen LogP contribution < -0.4 is 11.1 Å². The second-order valence-electron chi connectivity index (χ2n) is 4.71. The van der Waals surface area contributed by atoms with E-state index >= 15 is 0 Å². The average molecular weight is 257 g/mol. The standard InChI is InChI=1S/C15H19N3O/c1-3-6-12(16)15(19)18-14-9-10(2)17-13-8-5-4-7-11(13)14/h4-5,7-9,12H,3,6,16H2,1-2H3,(H,17,18,19)/t12-/m0/s1. The SMILES string of the molecule is CCC[C@H](N)C(=O)Nc1cc(C)nc2ccccc12. The highest BCUT2D eigenvalue weighted by Crippen LogP contribution is 2.23. The molecule has 0 aliphatic carbocycles. The number of carbonyl (C=O) groups is 1. The Morgan fingerprint density at radius 1 is 1.42 bits per heavy atom. The number of rotatable bonds is 4. The molecule has 1 heterocycles. The summed E-state index contributed by atoms with van der Waals surface area (Å²) in [6, 6.07) is 9.16. The van der Waals surface area contributed by atoms with Gasteiger partial charge in [-0.05, 0) is 25.5 Å². The van der Waals surface area contributed by atoms with Gasteiger partial charge in [-0.15, -0.1) is 0 Å². The Balaban J connectivity index is 2.32. The highest BCUT2D eigenvalue weighted by Gasteiger charge is 2.14. The smallest absolute Gasteiger partial charge is 0.241 e. The van der Waals surface area contributed by atoms with Crippen molar-refractivity contribution in [2.45, 2.75) is 32.7 Å². The van der Waals surface area contributed by atoms with Gasteiger partial charge in [0.25, 0.3) is 0 Å². The van der Waals surface area contributed by atoms with Gasteiger partial charge in [0.15, 0.2) is 0 Å². The van der Waals surface area contributed by atoms with E-state index in [4.69, 9.17) is 5.73 Å². The van der Waals surface area contributed by atoms with Crippen LogP contribution in [-0.2, 0) is 4.79 Å². The summed E-state index contributed by atoms with van der Waals surface area (Å²) in [5.41, 5.74) is 8.36. The molecule has 0 radical (unpaired) electrons. The van der Waals surface area contributed by atoms with Crippen LogP contribution in [0.2, 0.25) is 0 Å². The molecule has 2 rings (SSSR count). The molecule has 19 heavy (non-hydrogen) atoms. The van der Waals surface area contributed by atoms with Crippen molar-refractivity contribution >= 4 is 22.5 Å². The van der Waals surface area contributed by atoms with Crippen molar-refractivity contribution in [3.8, 4) is 0 Å². The summed E-state index contributed by atoms with van der Waals surface area (Å²) in [6.45, 7) is 3.92. The molecule has 3 N–H and O–H groups in total. The van der Waals surface area contributed by atoms with Crippen molar-refractivity contribution < 1.29 is 4.79 Å². The van der Waals surface area contributed by atoms with Gasteiger partial charge in [-0.1, -0.05) is 31.5 Å². The highest BCUT2D eigenvalue weighted by molar-refractivity contribution is 6.02. The predicted molar refractivity (Wildman–Crippen MR) is 78.0 cm³/mol. The Labute approximate surface area is 113 Å². The molecule has 1 aromatic heterocycles. The first-order valence-corrected chi connectivity index (χ1v) is 6.54. The zero-order valence-corrected chi connectivity index (χ0v) is 11.3. The molecule has 0 unspecified atom stereocenters. The van der Waals surface area contributed by atoms with Crippen molar-refractivity contribution in [2.24, 2.45) is 5.73 Å². The number of anilines is 1. The molecular weight excluding hydrogens is 238 g/mol. The van der Waals surface area contributed by atoms with Crippen molar-refractivity contribution in [1.29, 1.82) is 0 Å². The molecule has 0 spiro atoms. The molecule has 0 saturated carbocycles. The molecular formula is C15H19N3O. The minimum Gasteiger partial charge on any atom is -0.324 e. The molecule has 0 fully saturated rings. The number of pyridine rings is 1. The van der Waals surface area contributed by atoms with Crippen LogP contribution in [0.4, 0.5) is 5.69 Å². The quantitative estimate of drug-likeness (QED) is 0.884. The molecule has 100 valence electrons. The summed E-state index contributed by atoms with van der Waals surface area (Å²) in [7, 11) is 0. The molecule has 1 amide bonds. The largest absolute Gasteiger partial charge is 0.324 e. The van der Waals surface area contributed by atoms with Gasteiger partial charge in [0, 0.05) is 11.1 Å². The van der Waals surface area contributed by atoms with Crippen LogP contribution >= 0.6 is 0 Å². The van der Waals surface area contributed by atoms with Crippen molar-refractivity contribution in [2.75, 3.05) is 5.32 Å². The fraction of sp³-hybridized carbons (Fsp3) is 0.333. The fourth-order valence-electron chi connectivity index (χ4n) is 2.08. The number of nitrogens with two attached hydrogens (primary N) is 1. The summed E-state index contributed by atoms with van der Waals surface area (Å²) in [5.74, 6) is -0.141. The maximum absolute atomic E-state index is 12.0. The second-order valence-corrected chi connectivity index (χ2v) is 4.71. The highest BCUT2D eigenvalue weighted by atomic mass is 16.2. The van der Waals surface area contributed by atoms with Crippen molar-refractivity contribution in [3.63, 3.8) is 0 Å². The van der Waals surface area contributed by atoms with Gasteiger partial charge in [-0.3, -0.25) is 9.78 Å². The Kier molecular flexibility index (Phi) is 4.12. The number of fused-ring (bicyclic) bond motifs is 1.